The largest absolute Gasteiger partial charge is 0.325 e. The predicted molar refractivity (Wildman–Crippen MR) is 120 cm³/mol. The predicted octanol–water partition coefficient (Wildman–Crippen LogP) is 4.26. The molecule has 3 heterocycles. The quantitative estimate of drug-likeness (QED) is 0.566. The molecule has 0 atom stereocenters. The van der Waals surface area contributed by atoms with Gasteiger partial charge in [-0.3, -0.25) is 19.1 Å². The third-order valence-electron chi connectivity index (χ3n) is 6.95. The Balaban J connectivity index is 1.51. The van der Waals surface area contributed by atoms with Crippen molar-refractivity contribution in [3.63, 3.8) is 0 Å². The van der Waals surface area contributed by atoms with Gasteiger partial charge in [-0.1, -0.05) is 20.8 Å². The molecule has 1 aliphatic heterocycles. The zero-order chi connectivity index (χ0) is 22.6. The fourth-order valence-electron chi connectivity index (χ4n) is 5.03. The van der Waals surface area contributed by atoms with Crippen LogP contribution < -0.4 is 5.32 Å². The van der Waals surface area contributed by atoms with Crippen molar-refractivity contribution >= 4 is 29.1 Å². The van der Waals surface area contributed by atoms with Gasteiger partial charge in [0, 0.05) is 28.5 Å². The Hall–Kier alpha value is -2.48. The summed E-state index contributed by atoms with van der Waals surface area (Å²) in [4.78, 5) is 44.4. The molecule has 2 fully saturated rings. The molecule has 1 saturated heterocycles. The van der Waals surface area contributed by atoms with Gasteiger partial charge in [-0.2, -0.15) is 0 Å². The third-order valence-corrected chi connectivity index (χ3v) is 7.71. The topological polar surface area (TPSA) is 84.3 Å². The standard InChI is InChI=1S/C23H30N4O3S/c1-14-12-17(15(2)27(14)21-24-10-11-31-21)18(28)13-26-19(29)23(25-20(26)30)8-6-16(7-9-23)22(3,4)5/h10-12,16H,6-9,13H2,1-5H3,(H,25,30). The van der Waals surface area contributed by atoms with Crippen molar-refractivity contribution in [1.82, 2.24) is 19.8 Å². The number of Topliss-reactive ketones (excluding diaryl/α,β-unsaturated/α-hetero) is 1. The van der Waals surface area contributed by atoms with Crippen LogP contribution in [-0.2, 0) is 4.79 Å². The molecule has 1 spiro atoms. The maximum Gasteiger partial charge on any atom is 0.325 e. The van der Waals surface area contributed by atoms with Crippen LogP contribution in [0.25, 0.3) is 5.13 Å². The Bertz CT molecular complexity index is 1020. The molecule has 0 bridgehead atoms. The van der Waals surface area contributed by atoms with E-state index in [9.17, 15) is 14.4 Å². The van der Waals surface area contributed by atoms with Gasteiger partial charge in [0.1, 0.15) is 5.54 Å². The Morgan fingerprint density at radius 1 is 1.26 bits per heavy atom. The van der Waals surface area contributed by atoms with Crippen LogP contribution in [0.1, 0.15) is 68.2 Å². The molecule has 0 unspecified atom stereocenters. The number of carbonyl (C=O) groups excluding carboxylic acids is 3. The molecule has 2 aliphatic rings. The van der Waals surface area contributed by atoms with Gasteiger partial charge in [0.05, 0.1) is 6.54 Å². The van der Waals surface area contributed by atoms with Crippen LogP contribution in [0.2, 0.25) is 0 Å². The lowest BCUT2D eigenvalue weighted by Gasteiger charge is -2.40. The molecule has 1 N–H and O–H groups in total. The van der Waals surface area contributed by atoms with E-state index in [1.807, 2.05) is 29.9 Å². The highest BCUT2D eigenvalue weighted by atomic mass is 32.1. The Morgan fingerprint density at radius 2 is 1.94 bits per heavy atom. The van der Waals surface area contributed by atoms with Gasteiger partial charge in [-0.15, -0.1) is 11.3 Å². The fourth-order valence-corrected chi connectivity index (χ4v) is 5.78. The van der Waals surface area contributed by atoms with E-state index >= 15 is 0 Å². The van der Waals surface area contributed by atoms with Gasteiger partial charge in [0.15, 0.2) is 10.9 Å². The second kappa shape index (κ2) is 7.58. The summed E-state index contributed by atoms with van der Waals surface area (Å²) in [6, 6.07) is 1.35. The summed E-state index contributed by atoms with van der Waals surface area (Å²) < 4.78 is 1.93. The van der Waals surface area contributed by atoms with Gasteiger partial charge in [-0.05, 0) is 56.9 Å². The van der Waals surface area contributed by atoms with Crippen molar-refractivity contribution in [2.45, 2.75) is 65.8 Å². The van der Waals surface area contributed by atoms with Gasteiger partial charge in [-0.25, -0.2) is 9.78 Å². The smallest absolute Gasteiger partial charge is 0.323 e. The highest BCUT2D eigenvalue weighted by Gasteiger charge is 2.53. The molecule has 8 heteroatoms. The van der Waals surface area contributed by atoms with E-state index in [0.29, 0.717) is 24.3 Å². The number of aryl methyl sites for hydroxylation is 1. The normalized spacial score (nSPS) is 24.2. The molecule has 2 aromatic rings. The lowest BCUT2D eigenvalue weighted by molar-refractivity contribution is -0.132. The maximum atomic E-state index is 13.2. The van der Waals surface area contributed by atoms with Gasteiger partial charge < -0.3 is 5.32 Å². The Morgan fingerprint density at radius 3 is 2.52 bits per heavy atom. The van der Waals surface area contributed by atoms with E-state index in [1.54, 1.807) is 6.20 Å². The first-order chi connectivity index (χ1) is 14.5. The molecule has 3 amide bonds. The van der Waals surface area contributed by atoms with E-state index in [-0.39, 0.29) is 23.7 Å². The van der Waals surface area contributed by atoms with Crippen molar-refractivity contribution in [3.8, 4) is 5.13 Å². The molecular formula is C23H30N4O3S. The first-order valence-corrected chi connectivity index (χ1v) is 11.7. The van der Waals surface area contributed by atoms with Gasteiger partial charge in [0.25, 0.3) is 5.91 Å². The zero-order valence-electron chi connectivity index (χ0n) is 18.8. The molecule has 2 aromatic heterocycles. The number of nitrogens with one attached hydrogen (secondary N) is 1. The molecule has 1 saturated carbocycles. The number of rotatable bonds is 4. The van der Waals surface area contributed by atoms with Crippen LogP contribution in [0.4, 0.5) is 4.79 Å². The number of thiazole rings is 1. The van der Waals surface area contributed by atoms with Crippen LogP contribution in [-0.4, -0.2) is 44.3 Å². The fraction of sp³-hybridized carbons (Fsp3) is 0.565. The first kappa shape index (κ1) is 21.7. The molecule has 0 aromatic carbocycles. The molecule has 0 radical (unpaired) electrons. The molecular weight excluding hydrogens is 412 g/mol. The van der Waals surface area contributed by atoms with Crippen molar-refractivity contribution in [3.05, 3.63) is 34.6 Å². The summed E-state index contributed by atoms with van der Waals surface area (Å²) in [7, 11) is 0. The van der Waals surface area contributed by atoms with Crippen molar-refractivity contribution in [2.24, 2.45) is 11.3 Å². The summed E-state index contributed by atoms with van der Waals surface area (Å²) in [5, 5.41) is 5.60. The van der Waals surface area contributed by atoms with Crippen molar-refractivity contribution in [2.75, 3.05) is 6.54 Å². The van der Waals surface area contributed by atoms with E-state index in [2.05, 4.69) is 31.1 Å². The lowest BCUT2D eigenvalue weighted by Crippen LogP contribution is -2.50. The number of hydrogen-bond donors (Lipinski definition) is 1. The van der Waals surface area contributed by atoms with E-state index in [0.717, 1.165) is 34.3 Å². The molecule has 1 aliphatic carbocycles. The minimum atomic E-state index is -0.850. The average Bonchev–Trinajstić information content (AvgIpc) is 3.37. The lowest BCUT2D eigenvalue weighted by atomic mass is 9.67. The zero-order valence-corrected chi connectivity index (χ0v) is 19.6. The van der Waals surface area contributed by atoms with Crippen LogP contribution in [0.15, 0.2) is 17.6 Å². The molecule has 166 valence electrons. The Labute approximate surface area is 186 Å². The molecule has 7 nitrogen and oxygen atoms in total. The Kier molecular flexibility index (Phi) is 5.32. The SMILES string of the molecule is Cc1cc(C(=O)CN2C(=O)NC3(CCC(C(C)(C)C)CC3)C2=O)c(C)n1-c1nccs1. The molecule has 31 heavy (non-hydrogen) atoms. The average molecular weight is 443 g/mol. The summed E-state index contributed by atoms with van der Waals surface area (Å²) in [6.07, 6.45) is 4.77. The summed E-state index contributed by atoms with van der Waals surface area (Å²) >= 11 is 1.49. The van der Waals surface area contributed by atoms with Crippen LogP contribution in [0, 0.1) is 25.2 Å². The van der Waals surface area contributed by atoms with Crippen LogP contribution in [0.3, 0.4) is 0 Å². The monoisotopic (exact) mass is 442 g/mol. The highest BCUT2D eigenvalue weighted by Crippen LogP contribution is 2.43. The van der Waals surface area contributed by atoms with Gasteiger partial charge >= 0.3 is 6.03 Å². The van der Waals surface area contributed by atoms with Crippen LogP contribution in [0.5, 0.6) is 0 Å². The number of imide groups is 1. The van der Waals surface area contributed by atoms with Crippen LogP contribution >= 0.6 is 11.3 Å². The summed E-state index contributed by atoms with van der Waals surface area (Å²) in [5.74, 6) is 0.0292. The maximum absolute atomic E-state index is 13.2. The minimum absolute atomic E-state index is 0.183. The number of urea groups is 1. The molecule has 4 rings (SSSR count). The number of carbonyl (C=O) groups is 3. The van der Waals surface area contributed by atoms with E-state index < -0.39 is 11.6 Å². The number of amides is 3. The van der Waals surface area contributed by atoms with E-state index in [1.165, 1.54) is 11.3 Å². The van der Waals surface area contributed by atoms with Gasteiger partial charge in [0.2, 0.25) is 0 Å². The van der Waals surface area contributed by atoms with Crippen molar-refractivity contribution in [1.29, 1.82) is 0 Å². The number of aromatic nitrogens is 2. The minimum Gasteiger partial charge on any atom is -0.323 e. The summed E-state index contributed by atoms with van der Waals surface area (Å²) in [5.41, 5.74) is 1.51. The summed E-state index contributed by atoms with van der Waals surface area (Å²) in [6.45, 7) is 10.2. The second-order valence-electron chi connectivity index (χ2n) is 9.90. The third kappa shape index (κ3) is 3.71. The van der Waals surface area contributed by atoms with Crippen molar-refractivity contribution < 1.29 is 14.4 Å². The van der Waals surface area contributed by atoms with E-state index in [4.69, 9.17) is 0 Å². The number of hydrogen-bond acceptors (Lipinski definition) is 5. The first-order valence-electron chi connectivity index (χ1n) is 10.8. The number of ketones is 1. The second-order valence-corrected chi connectivity index (χ2v) is 10.8. The highest BCUT2D eigenvalue weighted by molar-refractivity contribution is 7.12. The number of nitrogens with zero attached hydrogens (tertiary/aromatic N) is 3.